The van der Waals surface area contributed by atoms with E-state index in [0.717, 1.165) is 12.1 Å². The number of aliphatic carboxylic acids is 1. The maximum atomic E-state index is 11.0. The number of carbonyl (C=O) groups is 2. The van der Waals surface area contributed by atoms with E-state index in [9.17, 15) is 19.8 Å². The highest BCUT2D eigenvalue weighted by atomic mass is 16.4. The number of benzene rings is 1. The zero-order valence-corrected chi connectivity index (χ0v) is 9.97. The summed E-state index contributed by atoms with van der Waals surface area (Å²) in [6, 6.07) is 1.98. The third-order valence-electron chi connectivity index (χ3n) is 2.64. The molecule has 6 nitrogen and oxygen atoms in total. The molecule has 0 unspecified atom stereocenters. The summed E-state index contributed by atoms with van der Waals surface area (Å²) in [5.41, 5.74) is -1.36. The zero-order chi connectivity index (χ0) is 14.1. The van der Waals surface area contributed by atoms with Crippen molar-refractivity contribution < 1.29 is 30.0 Å². The first-order chi connectivity index (χ1) is 8.15. The van der Waals surface area contributed by atoms with Crippen LogP contribution in [0.1, 0.15) is 29.8 Å². The smallest absolute Gasteiger partial charge is 0.339 e. The number of aromatic hydroxyl groups is 2. The second-order valence-corrected chi connectivity index (χ2v) is 4.67. The standard InChI is InChI=1S/C12H14O6/c1-12(2,11(17)18)5-6-3-7(10(15)16)9(14)4-8(6)13/h3-4,13-14H,5H2,1-2H3,(H,15,16)(H,17,18). The summed E-state index contributed by atoms with van der Waals surface area (Å²) < 4.78 is 0. The molecule has 1 aromatic rings. The van der Waals surface area contributed by atoms with Crippen molar-refractivity contribution in [1.82, 2.24) is 0 Å². The first kappa shape index (κ1) is 13.8. The quantitative estimate of drug-likeness (QED) is 0.646. The van der Waals surface area contributed by atoms with Gasteiger partial charge in [-0.2, -0.15) is 0 Å². The second kappa shape index (κ2) is 4.56. The molecule has 0 atom stereocenters. The van der Waals surface area contributed by atoms with E-state index in [4.69, 9.17) is 10.2 Å². The van der Waals surface area contributed by atoms with Gasteiger partial charge >= 0.3 is 11.9 Å². The van der Waals surface area contributed by atoms with Crippen LogP contribution in [0.5, 0.6) is 11.5 Å². The lowest BCUT2D eigenvalue weighted by Crippen LogP contribution is -2.26. The van der Waals surface area contributed by atoms with Crippen LogP contribution in [0, 0.1) is 5.41 Å². The average Bonchev–Trinajstić information content (AvgIpc) is 2.21. The molecule has 0 aliphatic carbocycles. The molecule has 0 aliphatic heterocycles. The lowest BCUT2D eigenvalue weighted by molar-refractivity contribution is -0.146. The molecule has 18 heavy (non-hydrogen) atoms. The van der Waals surface area contributed by atoms with Crippen molar-refractivity contribution >= 4 is 11.9 Å². The van der Waals surface area contributed by atoms with Crippen LogP contribution < -0.4 is 0 Å². The fourth-order valence-electron chi connectivity index (χ4n) is 1.49. The van der Waals surface area contributed by atoms with Crippen molar-refractivity contribution in [2.45, 2.75) is 20.3 Å². The Balaban J connectivity index is 3.22. The van der Waals surface area contributed by atoms with Crippen molar-refractivity contribution in [3.05, 3.63) is 23.3 Å². The number of hydrogen-bond acceptors (Lipinski definition) is 4. The summed E-state index contributed by atoms with van der Waals surface area (Å²) in [6.45, 7) is 2.92. The number of rotatable bonds is 4. The van der Waals surface area contributed by atoms with Gasteiger partial charge in [0, 0.05) is 6.07 Å². The van der Waals surface area contributed by atoms with Gasteiger partial charge in [-0.05, 0) is 31.9 Å². The fraction of sp³-hybridized carbons (Fsp3) is 0.333. The summed E-state index contributed by atoms with van der Waals surface area (Å²) >= 11 is 0. The largest absolute Gasteiger partial charge is 0.508 e. The van der Waals surface area contributed by atoms with Crippen molar-refractivity contribution in [3.63, 3.8) is 0 Å². The molecular weight excluding hydrogens is 240 g/mol. The maximum absolute atomic E-state index is 11.0. The average molecular weight is 254 g/mol. The van der Waals surface area contributed by atoms with E-state index >= 15 is 0 Å². The fourth-order valence-corrected chi connectivity index (χ4v) is 1.49. The molecule has 0 bridgehead atoms. The monoisotopic (exact) mass is 254 g/mol. The lowest BCUT2D eigenvalue weighted by Gasteiger charge is -2.20. The molecule has 0 saturated heterocycles. The Kier molecular flexibility index (Phi) is 3.50. The molecule has 4 N–H and O–H groups in total. The maximum Gasteiger partial charge on any atom is 0.339 e. The normalized spacial score (nSPS) is 11.2. The minimum absolute atomic E-state index is 0.0469. The van der Waals surface area contributed by atoms with Crippen molar-refractivity contribution in [3.8, 4) is 11.5 Å². The molecule has 98 valence electrons. The zero-order valence-electron chi connectivity index (χ0n) is 9.97. The van der Waals surface area contributed by atoms with E-state index in [-0.39, 0.29) is 23.3 Å². The van der Waals surface area contributed by atoms with Crippen LogP contribution in [-0.2, 0) is 11.2 Å². The van der Waals surface area contributed by atoms with Gasteiger partial charge in [0.05, 0.1) is 5.41 Å². The van der Waals surface area contributed by atoms with E-state index in [1.165, 1.54) is 13.8 Å². The Hall–Kier alpha value is -2.24. The minimum Gasteiger partial charge on any atom is -0.508 e. The highest BCUT2D eigenvalue weighted by Gasteiger charge is 2.29. The summed E-state index contributed by atoms with van der Waals surface area (Å²) in [6.07, 6.45) is -0.0469. The number of phenols is 2. The molecule has 1 aromatic carbocycles. The van der Waals surface area contributed by atoms with Crippen LogP contribution in [-0.4, -0.2) is 32.4 Å². The van der Waals surface area contributed by atoms with E-state index in [0.29, 0.717) is 0 Å². The van der Waals surface area contributed by atoms with Gasteiger partial charge in [0.15, 0.2) is 0 Å². The van der Waals surface area contributed by atoms with Crippen LogP contribution in [0.4, 0.5) is 0 Å². The van der Waals surface area contributed by atoms with Crippen molar-refractivity contribution in [2.24, 2.45) is 5.41 Å². The second-order valence-electron chi connectivity index (χ2n) is 4.67. The Labute approximate surface area is 103 Å². The highest BCUT2D eigenvalue weighted by molar-refractivity contribution is 5.91. The van der Waals surface area contributed by atoms with Gasteiger partial charge in [0.25, 0.3) is 0 Å². The summed E-state index contributed by atoms with van der Waals surface area (Å²) in [7, 11) is 0. The Morgan fingerprint density at radius 1 is 1.11 bits per heavy atom. The van der Waals surface area contributed by atoms with Crippen LogP contribution in [0.15, 0.2) is 12.1 Å². The van der Waals surface area contributed by atoms with E-state index in [2.05, 4.69) is 0 Å². The van der Waals surface area contributed by atoms with E-state index in [1.807, 2.05) is 0 Å². The topological polar surface area (TPSA) is 115 Å². The van der Waals surface area contributed by atoms with Crippen molar-refractivity contribution in [2.75, 3.05) is 0 Å². The van der Waals surface area contributed by atoms with E-state index in [1.54, 1.807) is 0 Å². The highest BCUT2D eigenvalue weighted by Crippen LogP contribution is 2.32. The molecule has 6 heteroatoms. The molecule has 1 rings (SSSR count). The van der Waals surface area contributed by atoms with E-state index < -0.39 is 23.1 Å². The molecule has 0 saturated carbocycles. The number of carboxylic acids is 2. The first-order valence-electron chi connectivity index (χ1n) is 5.16. The number of hydrogen-bond donors (Lipinski definition) is 4. The lowest BCUT2D eigenvalue weighted by atomic mass is 9.85. The molecule has 0 spiro atoms. The van der Waals surface area contributed by atoms with Gasteiger partial charge in [-0.1, -0.05) is 0 Å². The molecular formula is C12H14O6. The van der Waals surface area contributed by atoms with Gasteiger partial charge < -0.3 is 20.4 Å². The summed E-state index contributed by atoms with van der Waals surface area (Å²) in [5, 5.41) is 36.7. The Bertz CT molecular complexity index is 504. The molecule has 0 aliphatic rings. The van der Waals surface area contributed by atoms with Crippen LogP contribution in [0.3, 0.4) is 0 Å². The van der Waals surface area contributed by atoms with Crippen LogP contribution in [0.2, 0.25) is 0 Å². The third-order valence-corrected chi connectivity index (χ3v) is 2.64. The van der Waals surface area contributed by atoms with Gasteiger partial charge in [-0.15, -0.1) is 0 Å². The Morgan fingerprint density at radius 2 is 1.67 bits per heavy atom. The molecule has 0 amide bonds. The van der Waals surface area contributed by atoms with Gasteiger partial charge in [0.1, 0.15) is 17.1 Å². The Morgan fingerprint density at radius 3 is 2.11 bits per heavy atom. The van der Waals surface area contributed by atoms with Crippen LogP contribution in [0.25, 0.3) is 0 Å². The molecule has 0 aromatic heterocycles. The number of aromatic carboxylic acids is 1. The molecule has 0 heterocycles. The predicted molar refractivity (Wildman–Crippen MR) is 61.9 cm³/mol. The van der Waals surface area contributed by atoms with Gasteiger partial charge in [-0.3, -0.25) is 4.79 Å². The SMILES string of the molecule is CC(C)(Cc1cc(C(=O)O)c(O)cc1O)C(=O)O. The third kappa shape index (κ3) is 2.71. The molecule has 0 fully saturated rings. The molecule has 0 radical (unpaired) electrons. The van der Waals surface area contributed by atoms with Gasteiger partial charge in [0.2, 0.25) is 0 Å². The minimum atomic E-state index is -1.35. The number of phenolic OH excluding ortho intramolecular Hbond substituents is 1. The summed E-state index contributed by atoms with van der Waals surface area (Å²) in [4.78, 5) is 21.8. The van der Waals surface area contributed by atoms with Gasteiger partial charge in [-0.25, -0.2) is 4.79 Å². The summed E-state index contributed by atoms with van der Waals surface area (Å²) in [5.74, 6) is -3.29. The van der Waals surface area contributed by atoms with Crippen molar-refractivity contribution in [1.29, 1.82) is 0 Å². The number of carboxylic acid groups (broad SMARTS) is 2. The van der Waals surface area contributed by atoms with Crippen LogP contribution >= 0.6 is 0 Å². The first-order valence-corrected chi connectivity index (χ1v) is 5.16. The predicted octanol–water partition coefficient (Wildman–Crippen LogP) is 1.45.